The molecular formula is C10H23NOS. The Morgan fingerprint density at radius 2 is 2.08 bits per heavy atom. The largest absolute Gasteiger partial charge is 0.391 e. The normalized spacial score (nSPS) is 13.2. The number of rotatable bonds is 9. The predicted octanol–water partition coefficient (Wildman–Crippen LogP) is 1.88. The van der Waals surface area contributed by atoms with Crippen molar-refractivity contribution < 1.29 is 5.11 Å². The summed E-state index contributed by atoms with van der Waals surface area (Å²) in [6.07, 6.45) is 3.71. The van der Waals surface area contributed by atoms with Crippen molar-refractivity contribution in [3.05, 3.63) is 0 Å². The highest BCUT2D eigenvalue weighted by atomic mass is 32.2. The number of hydrogen-bond acceptors (Lipinski definition) is 3. The van der Waals surface area contributed by atoms with Gasteiger partial charge in [0.2, 0.25) is 0 Å². The summed E-state index contributed by atoms with van der Waals surface area (Å²) in [5.41, 5.74) is 0. The van der Waals surface area contributed by atoms with Crippen molar-refractivity contribution in [2.75, 3.05) is 24.6 Å². The zero-order chi connectivity index (χ0) is 9.94. The van der Waals surface area contributed by atoms with Crippen LogP contribution in [0.15, 0.2) is 0 Å². The summed E-state index contributed by atoms with van der Waals surface area (Å²) in [6.45, 7) is 5.95. The van der Waals surface area contributed by atoms with E-state index in [0.29, 0.717) is 0 Å². The lowest BCUT2D eigenvalue weighted by Gasteiger charge is -2.09. The molecule has 0 rings (SSSR count). The molecule has 0 saturated heterocycles. The smallest absolute Gasteiger partial charge is 0.0754 e. The molecule has 0 fully saturated rings. The summed E-state index contributed by atoms with van der Waals surface area (Å²) < 4.78 is 0. The molecule has 80 valence electrons. The average Bonchev–Trinajstić information content (AvgIpc) is 2.14. The standard InChI is InChI=1S/C10H23NOS/c1-3-5-6-7-13-9-10(12)8-11-4-2/h10-12H,3-9H2,1-2H3. The Balaban J connectivity index is 3.03. The van der Waals surface area contributed by atoms with E-state index in [9.17, 15) is 5.11 Å². The molecule has 2 nitrogen and oxygen atoms in total. The third-order valence-corrected chi connectivity index (χ3v) is 3.03. The second-order valence-corrected chi connectivity index (χ2v) is 4.39. The van der Waals surface area contributed by atoms with Crippen molar-refractivity contribution in [1.29, 1.82) is 0 Å². The number of aliphatic hydroxyl groups is 1. The molecule has 0 aromatic rings. The minimum atomic E-state index is -0.174. The van der Waals surface area contributed by atoms with E-state index < -0.39 is 0 Å². The highest BCUT2D eigenvalue weighted by Gasteiger charge is 2.01. The van der Waals surface area contributed by atoms with Crippen LogP contribution in [0.2, 0.25) is 0 Å². The molecule has 1 atom stereocenters. The van der Waals surface area contributed by atoms with Crippen LogP contribution < -0.4 is 5.32 Å². The fourth-order valence-corrected chi connectivity index (χ4v) is 2.01. The molecule has 0 radical (unpaired) electrons. The summed E-state index contributed by atoms with van der Waals surface area (Å²) in [5, 5.41) is 12.6. The van der Waals surface area contributed by atoms with Crippen molar-refractivity contribution >= 4 is 11.8 Å². The number of thioether (sulfide) groups is 1. The van der Waals surface area contributed by atoms with Gasteiger partial charge in [-0.3, -0.25) is 0 Å². The van der Waals surface area contributed by atoms with Crippen LogP contribution in [0.3, 0.4) is 0 Å². The third-order valence-electron chi connectivity index (χ3n) is 1.83. The first-order valence-corrected chi connectivity index (χ1v) is 6.43. The number of aliphatic hydroxyl groups excluding tert-OH is 1. The molecular weight excluding hydrogens is 182 g/mol. The van der Waals surface area contributed by atoms with Gasteiger partial charge in [-0.05, 0) is 18.7 Å². The lowest BCUT2D eigenvalue weighted by molar-refractivity contribution is 0.197. The topological polar surface area (TPSA) is 32.3 Å². The Hall–Kier alpha value is 0.270. The van der Waals surface area contributed by atoms with Gasteiger partial charge in [-0.25, -0.2) is 0 Å². The number of nitrogens with one attached hydrogen (secondary N) is 1. The Labute approximate surface area is 86.5 Å². The molecule has 0 heterocycles. The fourth-order valence-electron chi connectivity index (χ4n) is 1.04. The molecule has 0 saturated carbocycles. The second kappa shape index (κ2) is 10.4. The van der Waals surface area contributed by atoms with E-state index >= 15 is 0 Å². The fraction of sp³-hybridized carbons (Fsp3) is 1.00. The second-order valence-electron chi connectivity index (χ2n) is 3.24. The van der Waals surface area contributed by atoms with Gasteiger partial charge in [-0.1, -0.05) is 26.7 Å². The molecule has 1 unspecified atom stereocenters. The summed E-state index contributed by atoms with van der Waals surface area (Å²) in [7, 11) is 0. The minimum Gasteiger partial charge on any atom is -0.391 e. The van der Waals surface area contributed by atoms with Gasteiger partial charge in [-0.2, -0.15) is 11.8 Å². The van der Waals surface area contributed by atoms with Gasteiger partial charge >= 0.3 is 0 Å². The van der Waals surface area contributed by atoms with Crippen molar-refractivity contribution in [2.45, 2.75) is 39.2 Å². The van der Waals surface area contributed by atoms with E-state index in [4.69, 9.17) is 0 Å². The Morgan fingerprint density at radius 3 is 2.69 bits per heavy atom. The molecule has 0 aliphatic carbocycles. The van der Waals surface area contributed by atoms with Crippen molar-refractivity contribution in [3.63, 3.8) is 0 Å². The molecule has 3 heteroatoms. The van der Waals surface area contributed by atoms with Gasteiger partial charge in [0.15, 0.2) is 0 Å². The molecule has 0 bridgehead atoms. The Morgan fingerprint density at radius 1 is 1.31 bits per heavy atom. The molecule has 0 aliphatic heterocycles. The van der Waals surface area contributed by atoms with Gasteiger partial charge in [0.25, 0.3) is 0 Å². The lowest BCUT2D eigenvalue weighted by atomic mass is 10.3. The van der Waals surface area contributed by atoms with Crippen LogP contribution in [0.5, 0.6) is 0 Å². The van der Waals surface area contributed by atoms with Gasteiger partial charge in [0.1, 0.15) is 0 Å². The molecule has 0 spiro atoms. The number of likely N-dealkylation sites (N-methyl/N-ethyl adjacent to an activating group) is 1. The first-order chi connectivity index (χ1) is 6.31. The van der Waals surface area contributed by atoms with Crippen LogP contribution in [0.25, 0.3) is 0 Å². The monoisotopic (exact) mass is 205 g/mol. The van der Waals surface area contributed by atoms with Crippen molar-refractivity contribution in [2.24, 2.45) is 0 Å². The lowest BCUT2D eigenvalue weighted by Crippen LogP contribution is -2.28. The number of hydrogen-bond donors (Lipinski definition) is 2. The molecule has 2 N–H and O–H groups in total. The van der Waals surface area contributed by atoms with E-state index in [1.165, 1.54) is 25.0 Å². The van der Waals surface area contributed by atoms with Crippen LogP contribution in [-0.2, 0) is 0 Å². The maximum absolute atomic E-state index is 9.45. The predicted molar refractivity (Wildman–Crippen MR) is 61.4 cm³/mol. The van der Waals surface area contributed by atoms with Gasteiger partial charge < -0.3 is 10.4 Å². The Bertz CT molecular complexity index is 101. The van der Waals surface area contributed by atoms with E-state index in [2.05, 4.69) is 19.2 Å². The van der Waals surface area contributed by atoms with E-state index in [1.54, 1.807) is 0 Å². The highest BCUT2D eigenvalue weighted by Crippen LogP contribution is 2.07. The molecule has 0 aromatic carbocycles. The van der Waals surface area contributed by atoms with Gasteiger partial charge in [-0.15, -0.1) is 0 Å². The van der Waals surface area contributed by atoms with Crippen molar-refractivity contribution in [3.8, 4) is 0 Å². The molecule has 0 aliphatic rings. The summed E-state index contributed by atoms with van der Waals surface area (Å²) in [6, 6.07) is 0. The number of unbranched alkanes of at least 4 members (excludes halogenated alkanes) is 2. The summed E-state index contributed by atoms with van der Waals surface area (Å²) in [5.74, 6) is 2.06. The molecule has 0 aromatic heterocycles. The van der Waals surface area contributed by atoms with E-state index in [0.717, 1.165) is 18.8 Å². The quantitative estimate of drug-likeness (QED) is 0.564. The first-order valence-electron chi connectivity index (χ1n) is 5.27. The zero-order valence-corrected chi connectivity index (χ0v) is 9.70. The maximum atomic E-state index is 9.45. The SMILES string of the molecule is CCCCCSCC(O)CNCC. The summed E-state index contributed by atoms with van der Waals surface area (Å²) >= 11 is 1.86. The van der Waals surface area contributed by atoms with E-state index in [-0.39, 0.29) is 6.10 Å². The average molecular weight is 205 g/mol. The third kappa shape index (κ3) is 10.2. The van der Waals surface area contributed by atoms with Crippen LogP contribution >= 0.6 is 11.8 Å². The highest BCUT2D eigenvalue weighted by molar-refractivity contribution is 7.99. The van der Waals surface area contributed by atoms with Gasteiger partial charge in [0.05, 0.1) is 6.10 Å². The van der Waals surface area contributed by atoms with Crippen LogP contribution in [0.1, 0.15) is 33.1 Å². The van der Waals surface area contributed by atoms with Gasteiger partial charge in [0, 0.05) is 12.3 Å². The minimum absolute atomic E-state index is 0.174. The van der Waals surface area contributed by atoms with Crippen molar-refractivity contribution in [1.82, 2.24) is 5.32 Å². The zero-order valence-electron chi connectivity index (χ0n) is 8.88. The summed E-state index contributed by atoms with van der Waals surface area (Å²) in [4.78, 5) is 0. The maximum Gasteiger partial charge on any atom is 0.0754 e. The molecule has 13 heavy (non-hydrogen) atoms. The van der Waals surface area contributed by atoms with E-state index in [1.807, 2.05) is 11.8 Å². The molecule has 0 amide bonds. The Kier molecular flexibility index (Phi) is 10.6. The van der Waals surface area contributed by atoms with Crippen LogP contribution in [0, 0.1) is 0 Å². The van der Waals surface area contributed by atoms with Crippen LogP contribution in [-0.4, -0.2) is 35.8 Å². The van der Waals surface area contributed by atoms with Crippen LogP contribution in [0.4, 0.5) is 0 Å². The first kappa shape index (κ1) is 13.3.